The third-order valence-electron chi connectivity index (χ3n) is 3.89. The maximum absolute atomic E-state index is 12.2. The normalized spacial score (nSPS) is 11.8. The molecule has 0 saturated carbocycles. The van der Waals surface area contributed by atoms with E-state index in [1.165, 1.54) is 0 Å². The summed E-state index contributed by atoms with van der Waals surface area (Å²) in [5.74, 6) is -0.873. The Labute approximate surface area is 147 Å². The number of aromatic nitrogens is 1. The van der Waals surface area contributed by atoms with Crippen LogP contribution in [-0.4, -0.2) is 42.8 Å². The molecule has 0 bridgehead atoms. The van der Waals surface area contributed by atoms with Gasteiger partial charge in [0.15, 0.2) is 6.10 Å². The van der Waals surface area contributed by atoms with Crippen LogP contribution in [0.5, 0.6) is 0 Å². The lowest BCUT2D eigenvalue weighted by Crippen LogP contribution is -2.37. The van der Waals surface area contributed by atoms with E-state index in [1.54, 1.807) is 26.2 Å². The van der Waals surface area contributed by atoms with Gasteiger partial charge in [-0.05, 0) is 57.2 Å². The van der Waals surface area contributed by atoms with E-state index in [-0.39, 0.29) is 5.91 Å². The minimum atomic E-state index is -0.863. The predicted octanol–water partition coefficient (Wildman–Crippen LogP) is 2.40. The SMILES string of the molecule is COCCNC(=O)[C@H](C)OC(=O)c1ccc(-n2c(C)ccc2C)cc1. The molecule has 0 spiro atoms. The lowest BCUT2D eigenvalue weighted by Gasteiger charge is -2.14. The Balaban J connectivity index is 2.00. The highest BCUT2D eigenvalue weighted by Crippen LogP contribution is 2.17. The van der Waals surface area contributed by atoms with Crippen LogP contribution in [0, 0.1) is 13.8 Å². The monoisotopic (exact) mass is 344 g/mol. The molecule has 6 nitrogen and oxygen atoms in total. The van der Waals surface area contributed by atoms with Gasteiger partial charge in [0.1, 0.15) is 0 Å². The molecule has 134 valence electrons. The average molecular weight is 344 g/mol. The molecule has 25 heavy (non-hydrogen) atoms. The van der Waals surface area contributed by atoms with Crippen molar-refractivity contribution in [2.24, 2.45) is 0 Å². The molecular formula is C19H24N2O4. The first kappa shape index (κ1) is 18.7. The summed E-state index contributed by atoms with van der Waals surface area (Å²) in [6, 6.07) is 11.2. The molecule has 0 aliphatic heterocycles. The molecule has 0 aliphatic rings. The standard InChI is InChI=1S/C19H24N2O4/c1-13-5-6-14(2)21(13)17-9-7-16(8-10-17)19(23)25-15(3)18(22)20-11-12-24-4/h5-10,15H,11-12H2,1-4H3,(H,20,22)/t15-/m0/s1. The molecule has 1 heterocycles. The highest BCUT2D eigenvalue weighted by molar-refractivity contribution is 5.92. The summed E-state index contributed by atoms with van der Waals surface area (Å²) in [6.45, 7) is 6.38. The van der Waals surface area contributed by atoms with E-state index in [0.29, 0.717) is 18.7 Å². The Morgan fingerprint density at radius 2 is 1.68 bits per heavy atom. The van der Waals surface area contributed by atoms with Crippen molar-refractivity contribution in [2.45, 2.75) is 26.9 Å². The number of methoxy groups -OCH3 is 1. The summed E-state index contributed by atoms with van der Waals surface area (Å²) in [5, 5.41) is 2.64. The summed E-state index contributed by atoms with van der Waals surface area (Å²) >= 11 is 0. The zero-order valence-corrected chi connectivity index (χ0v) is 15.0. The molecule has 6 heteroatoms. The molecular weight excluding hydrogens is 320 g/mol. The molecule has 0 aliphatic carbocycles. The second kappa shape index (κ2) is 8.48. The van der Waals surface area contributed by atoms with Crippen LogP contribution in [0.4, 0.5) is 0 Å². The second-order valence-electron chi connectivity index (χ2n) is 5.83. The first-order chi connectivity index (χ1) is 11.9. The fourth-order valence-electron chi connectivity index (χ4n) is 2.52. The van der Waals surface area contributed by atoms with Crippen LogP contribution in [0.25, 0.3) is 5.69 Å². The van der Waals surface area contributed by atoms with Crippen LogP contribution in [-0.2, 0) is 14.3 Å². The van der Waals surface area contributed by atoms with Crippen molar-refractivity contribution in [3.63, 3.8) is 0 Å². The van der Waals surface area contributed by atoms with Crippen LogP contribution < -0.4 is 5.32 Å². The van der Waals surface area contributed by atoms with Crippen molar-refractivity contribution in [1.82, 2.24) is 9.88 Å². The Morgan fingerprint density at radius 3 is 2.24 bits per heavy atom. The van der Waals surface area contributed by atoms with Gasteiger partial charge in [0.05, 0.1) is 12.2 Å². The molecule has 0 fully saturated rings. The van der Waals surface area contributed by atoms with Gasteiger partial charge < -0.3 is 19.4 Å². The van der Waals surface area contributed by atoms with Crippen LogP contribution in [0.3, 0.4) is 0 Å². The molecule has 2 rings (SSSR count). The molecule has 0 unspecified atom stereocenters. The van der Waals surface area contributed by atoms with Crippen molar-refractivity contribution < 1.29 is 19.1 Å². The number of rotatable bonds is 7. The van der Waals surface area contributed by atoms with Gasteiger partial charge in [0, 0.05) is 30.7 Å². The quantitative estimate of drug-likeness (QED) is 0.618. The highest BCUT2D eigenvalue weighted by Gasteiger charge is 2.18. The highest BCUT2D eigenvalue weighted by atomic mass is 16.5. The largest absolute Gasteiger partial charge is 0.449 e. The Morgan fingerprint density at radius 1 is 1.08 bits per heavy atom. The second-order valence-corrected chi connectivity index (χ2v) is 5.83. The molecule has 1 aromatic heterocycles. The van der Waals surface area contributed by atoms with Crippen LogP contribution in [0.2, 0.25) is 0 Å². The Kier molecular flexibility index (Phi) is 6.36. The number of aryl methyl sites for hydroxylation is 2. The topological polar surface area (TPSA) is 69.6 Å². The number of hydrogen-bond donors (Lipinski definition) is 1. The summed E-state index contributed by atoms with van der Waals surface area (Å²) in [6.07, 6.45) is -0.863. The van der Waals surface area contributed by atoms with Crippen molar-refractivity contribution >= 4 is 11.9 Å². The molecule has 1 amide bonds. The minimum Gasteiger partial charge on any atom is -0.449 e. The number of nitrogens with one attached hydrogen (secondary N) is 1. The van der Waals surface area contributed by atoms with Gasteiger partial charge in [0.25, 0.3) is 5.91 Å². The summed E-state index contributed by atoms with van der Waals surface area (Å²) in [4.78, 5) is 24.0. The minimum absolute atomic E-state index is 0.347. The molecule has 2 aromatic rings. The first-order valence-corrected chi connectivity index (χ1v) is 8.17. The number of amides is 1. The van der Waals surface area contributed by atoms with Gasteiger partial charge >= 0.3 is 5.97 Å². The van der Waals surface area contributed by atoms with Crippen molar-refractivity contribution in [3.8, 4) is 5.69 Å². The predicted molar refractivity (Wildman–Crippen MR) is 95.0 cm³/mol. The maximum Gasteiger partial charge on any atom is 0.338 e. The van der Waals surface area contributed by atoms with Gasteiger partial charge in [0.2, 0.25) is 0 Å². The molecule has 1 atom stereocenters. The lowest BCUT2D eigenvalue weighted by atomic mass is 10.2. The van der Waals surface area contributed by atoms with E-state index in [9.17, 15) is 9.59 Å². The first-order valence-electron chi connectivity index (χ1n) is 8.17. The van der Waals surface area contributed by atoms with Crippen LogP contribution in [0.15, 0.2) is 36.4 Å². The van der Waals surface area contributed by atoms with Gasteiger partial charge in [-0.1, -0.05) is 0 Å². The fraction of sp³-hybridized carbons (Fsp3) is 0.368. The van der Waals surface area contributed by atoms with Crippen molar-refractivity contribution in [1.29, 1.82) is 0 Å². The number of carbonyl (C=O) groups is 2. The average Bonchev–Trinajstić information content (AvgIpc) is 2.93. The fourth-order valence-corrected chi connectivity index (χ4v) is 2.52. The summed E-state index contributed by atoms with van der Waals surface area (Å²) in [7, 11) is 1.55. The molecule has 0 saturated heterocycles. The molecule has 1 aromatic carbocycles. The van der Waals surface area contributed by atoms with Gasteiger partial charge in [-0.15, -0.1) is 0 Å². The number of hydrogen-bond acceptors (Lipinski definition) is 4. The third-order valence-corrected chi connectivity index (χ3v) is 3.89. The number of benzene rings is 1. The summed E-state index contributed by atoms with van der Waals surface area (Å²) < 4.78 is 12.2. The number of carbonyl (C=O) groups excluding carboxylic acids is 2. The smallest absolute Gasteiger partial charge is 0.338 e. The van der Waals surface area contributed by atoms with E-state index in [1.807, 2.05) is 38.1 Å². The number of esters is 1. The van der Waals surface area contributed by atoms with E-state index in [0.717, 1.165) is 17.1 Å². The van der Waals surface area contributed by atoms with E-state index in [2.05, 4.69) is 9.88 Å². The Hall–Kier alpha value is -2.60. The molecule has 0 radical (unpaired) electrons. The third kappa shape index (κ3) is 4.70. The Bertz CT molecular complexity index is 715. The van der Waals surface area contributed by atoms with E-state index < -0.39 is 12.1 Å². The van der Waals surface area contributed by atoms with E-state index in [4.69, 9.17) is 9.47 Å². The van der Waals surface area contributed by atoms with Gasteiger partial charge in [-0.3, -0.25) is 4.79 Å². The number of ether oxygens (including phenoxy) is 2. The van der Waals surface area contributed by atoms with E-state index >= 15 is 0 Å². The zero-order chi connectivity index (χ0) is 18.4. The van der Waals surface area contributed by atoms with Crippen molar-refractivity contribution in [2.75, 3.05) is 20.3 Å². The maximum atomic E-state index is 12.2. The van der Waals surface area contributed by atoms with Gasteiger partial charge in [-0.2, -0.15) is 0 Å². The van der Waals surface area contributed by atoms with Crippen LogP contribution in [0.1, 0.15) is 28.7 Å². The zero-order valence-electron chi connectivity index (χ0n) is 15.0. The van der Waals surface area contributed by atoms with Gasteiger partial charge in [-0.25, -0.2) is 4.79 Å². The van der Waals surface area contributed by atoms with Crippen molar-refractivity contribution in [3.05, 3.63) is 53.3 Å². The number of nitrogens with zero attached hydrogens (tertiary/aromatic N) is 1. The lowest BCUT2D eigenvalue weighted by molar-refractivity contribution is -0.129. The van der Waals surface area contributed by atoms with Crippen LogP contribution >= 0.6 is 0 Å². The summed E-state index contributed by atoms with van der Waals surface area (Å²) in [5.41, 5.74) is 3.62. The molecule has 1 N–H and O–H groups in total.